The van der Waals surface area contributed by atoms with Gasteiger partial charge in [0.2, 0.25) is 0 Å². The zero-order valence-electron chi connectivity index (χ0n) is 20.3. The number of carbonyl (C=O) groups excluding carboxylic acids is 2. The van der Waals surface area contributed by atoms with Crippen LogP contribution in [0.25, 0.3) is 0 Å². The Bertz CT molecular complexity index is 952. The molecule has 3 atom stereocenters. The molecule has 2 aliphatic heterocycles. The number of fused-ring (bicyclic) bond motifs is 6. The Morgan fingerprint density at radius 3 is 2.61 bits per heavy atom. The highest BCUT2D eigenvalue weighted by Crippen LogP contribution is 2.58. The maximum atomic E-state index is 13.0. The van der Waals surface area contributed by atoms with Gasteiger partial charge in [-0.2, -0.15) is 0 Å². The quantitative estimate of drug-likeness (QED) is 0.330. The van der Waals surface area contributed by atoms with E-state index in [1.54, 1.807) is 27.3 Å². The topological polar surface area (TPSA) is 74.3 Å². The molecular formula is C26H35NO6. The lowest BCUT2D eigenvalue weighted by Crippen LogP contribution is -2.50. The first-order chi connectivity index (χ1) is 15.8. The smallest absolute Gasteiger partial charge is 0.343 e. The Morgan fingerprint density at radius 1 is 1.15 bits per heavy atom. The second-order valence-corrected chi connectivity index (χ2v) is 9.76. The highest BCUT2D eigenvalue weighted by atomic mass is 16.5. The van der Waals surface area contributed by atoms with Gasteiger partial charge in [-0.15, -0.1) is 0 Å². The fraction of sp³-hybridized carbons (Fsp3) is 0.615. The molecule has 7 heteroatoms. The highest BCUT2D eigenvalue weighted by Gasteiger charge is 2.53. The molecule has 0 amide bonds. The van der Waals surface area contributed by atoms with Gasteiger partial charge in [0, 0.05) is 44.7 Å². The Balaban J connectivity index is 1.77. The minimum atomic E-state index is -0.531. The molecule has 1 aliphatic carbocycles. The number of benzene rings is 1. The van der Waals surface area contributed by atoms with Crippen LogP contribution in [0.15, 0.2) is 23.9 Å². The fourth-order valence-electron chi connectivity index (χ4n) is 5.80. The van der Waals surface area contributed by atoms with Gasteiger partial charge in [0.05, 0.1) is 26.4 Å². The third-order valence-electron chi connectivity index (χ3n) is 7.29. The van der Waals surface area contributed by atoms with Gasteiger partial charge in [0.25, 0.3) is 0 Å². The molecule has 1 saturated carbocycles. The van der Waals surface area contributed by atoms with E-state index < -0.39 is 5.97 Å². The molecule has 7 nitrogen and oxygen atoms in total. The molecule has 0 saturated heterocycles. The molecule has 0 N–H and O–H groups in total. The van der Waals surface area contributed by atoms with Crippen molar-refractivity contribution in [1.82, 2.24) is 4.90 Å². The van der Waals surface area contributed by atoms with Crippen molar-refractivity contribution in [3.63, 3.8) is 0 Å². The van der Waals surface area contributed by atoms with Crippen LogP contribution in [0.5, 0.6) is 11.5 Å². The van der Waals surface area contributed by atoms with Crippen LogP contribution in [0, 0.1) is 5.41 Å². The lowest BCUT2D eigenvalue weighted by Gasteiger charge is -2.50. The van der Waals surface area contributed by atoms with Crippen LogP contribution < -0.4 is 9.47 Å². The number of esters is 1. The van der Waals surface area contributed by atoms with Crippen LogP contribution in [0.1, 0.15) is 69.5 Å². The summed E-state index contributed by atoms with van der Waals surface area (Å²) in [5.41, 5.74) is 2.51. The molecule has 0 radical (unpaired) electrons. The molecule has 2 heterocycles. The van der Waals surface area contributed by atoms with Crippen LogP contribution in [-0.2, 0) is 19.1 Å². The van der Waals surface area contributed by atoms with Gasteiger partial charge in [0.15, 0.2) is 17.3 Å². The molecule has 4 rings (SSSR count). The molecular weight excluding hydrogens is 422 g/mol. The minimum Gasteiger partial charge on any atom is -0.493 e. The molecule has 1 aromatic carbocycles. The largest absolute Gasteiger partial charge is 0.493 e. The van der Waals surface area contributed by atoms with E-state index in [4.69, 9.17) is 18.9 Å². The van der Waals surface area contributed by atoms with Crippen molar-refractivity contribution in [3.8, 4) is 11.5 Å². The summed E-state index contributed by atoms with van der Waals surface area (Å²) in [6.45, 7) is 7.74. The third kappa shape index (κ3) is 4.23. The molecule has 1 aromatic rings. The van der Waals surface area contributed by atoms with E-state index in [1.165, 1.54) is 5.56 Å². The average Bonchev–Trinajstić information content (AvgIpc) is 3.11. The van der Waals surface area contributed by atoms with E-state index in [9.17, 15) is 9.59 Å². The number of hydrogen-bond acceptors (Lipinski definition) is 7. The number of hydrogen-bond donors (Lipinski definition) is 0. The lowest BCUT2D eigenvalue weighted by molar-refractivity contribution is -0.140. The maximum Gasteiger partial charge on any atom is 0.343 e. The van der Waals surface area contributed by atoms with Gasteiger partial charge in [-0.1, -0.05) is 13.8 Å². The number of nitrogens with zero attached hydrogens (tertiary/aromatic N) is 1. The summed E-state index contributed by atoms with van der Waals surface area (Å²) in [6, 6.07) is 4.19. The molecule has 0 spiro atoms. The lowest BCUT2D eigenvalue weighted by atomic mass is 9.73. The van der Waals surface area contributed by atoms with Crippen molar-refractivity contribution in [3.05, 3.63) is 35.0 Å². The Morgan fingerprint density at radius 2 is 1.91 bits per heavy atom. The highest BCUT2D eigenvalue weighted by molar-refractivity contribution is 6.17. The molecule has 0 bridgehead atoms. The predicted octanol–water partition coefficient (Wildman–Crippen LogP) is 4.16. The Hall–Kier alpha value is -2.54. The van der Waals surface area contributed by atoms with Gasteiger partial charge in [-0.3, -0.25) is 4.79 Å². The number of ketones is 1. The van der Waals surface area contributed by atoms with Gasteiger partial charge in [-0.25, -0.2) is 4.79 Å². The number of rotatable bonds is 8. The first kappa shape index (κ1) is 23.6. The summed E-state index contributed by atoms with van der Waals surface area (Å²) in [5.74, 6) is 0.972. The molecule has 33 heavy (non-hydrogen) atoms. The second-order valence-electron chi connectivity index (χ2n) is 9.76. The zero-order chi connectivity index (χ0) is 23.8. The fourth-order valence-corrected chi connectivity index (χ4v) is 5.80. The van der Waals surface area contributed by atoms with Gasteiger partial charge in [-0.05, 0) is 48.4 Å². The zero-order valence-corrected chi connectivity index (χ0v) is 20.3. The van der Waals surface area contributed by atoms with E-state index in [-0.39, 0.29) is 47.8 Å². The van der Waals surface area contributed by atoms with Crippen LogP contribution in [0.4, 0.5) is 0 Å². The average molecular weight is 458 g/mol. The molecule has 3 aliphatic rings. The van der Waals surface area contributed by atoms with Crippen molar-refractivity contribution in [1.29, 1.82) is 0 Å². The van der Waals surface area contributed by atoms with Crippen molar-refractivity contribution in [2.45, 2.75) is 64.5 Å². The van der Waals surface area contributed by atoms with Crippen LogP contribution in [0.2, 0.25) is 0 Å². The SMILES string of the molecule is CCOC(=O)C1=CN2C(CC1=O)c1cc(OC)c(OCCCOC)cc1[C@H]1CCC(C)(C)[C@H]12. The summed E-state index contributed by atoms with van der Waals surface area (Å²) in [5, 5.41) is 0. The van der Waals surface area contributed by atoms with Crippen molar-refractivity contribution in [2.24, 2.45) is 5.41 Å². The van der Waals surface area contributed by atoms with E-state index in [0.717, 1.165) is 30.6 Å². The normalized spacial score (nSPS) is 25.0. The summed E-state index contributed by atoms with van der Waals surface area (Å²) < 4.78 is 22.0. The van der Waals surface area contributed by atoms with E-state index >= 15 is 0 Å². The van der Waals surface area contributed by atoms with Gasteiger partial charge < -0.3 is 23.8 Å². The van der Waals surface area contributed by atoms with Crippen molar-refractivity contribution >= 4 is 11.8 Å². The predicted molar refractivity (Wildman–Crippen MR) is 123 cm³/mol. The molecule has 180 valence electrons. The molecule has 1 unspecified atom stereocenters. The summed E-state index contributed by atoms with van der Waals surface area (Å²) >= 11 is 0. The number of methoxy groups -OCH3 is 2. The van der Waals surface area contributed by atoms with Crippen molar-refractivity contribution in [2.75, 3.05) is 34.0 Å². The van der Waals surface area contributed by atoms with Crippen molar-refractivity contribution < 1.29 is 28.5 Å². The standard InChI is InChI=1S/C26H35NO6/c1-6-32-25(29)19-15-27-20(14-21(19)28)18-13-22(31-5)23(33-11-7-10-30-4)12-17(18)16-8-9-26(2,3)24(16)27/h12-13,15-16,20,24H,6-11,14H2,1-5H3/t16-,20?,24+/m1/s1. The summed E-state index contributed by atoms with van der Waals surface area (Å²) in [4.78, 5) is 27.7. The van der Waals surface area contributed by atoms with Gasteiger partial charge >= 0.3 is 5.97 Å². The van der Waals surface area contributed by atoms with E-state index in [2.05, 4.69) is 24.8 Å². The van der Waals surface area contributed by atoms with Crippen LogP contribution >= 0.6 is 0 Å². The first-order valence-electron chi connectivity index (χ1n) is 11.9. The summed E-state index contributed by atoms with van der Waals surface area (Å²) in [7, 11) is 3.32. The number of carbonyl (C=O) groups is 2. The van der Waals surface area contributed by atoms with Crippen LogP contribution in [0.3, 0.4) is 0 Å². The second kappa shape index (κ2) is 9.37. The third-order valence-corrected chi connectivity index (χ3v) is 7.29. The Labute approximate surface area is 196 Å². The molecule has 1 fully saturated rings. The number of ether oxygens (including phenoxy) is 4. The maximum absolute atomic E-state index is 13.0. The first-order valence-corrected chi connectivity index (χ1v) is 11.9. The molecule has 0 aromatic heterocycles. The van der Waals surface area contributed by atoms with Crippen LogP contribution in [-0.4, -0.2) is 56.7 Å². The van der Waals surface area contributed by atoms with E-state index in [1.807, 2.05) is 6.07 Å². The summed E-state index contributed by atoms with van der Waals surface area (Å²) in [6.07, 6.45) is 4.91. The monoisotopic (exact) mass is 457 g/mol. The minimum absolute atomic E-state index is 0.0384. The number of Topliss-reactive ketones (excluding diaryl/α,β-unsaturated/α-hetero) is 1. The Kier molecular flexibility index (Phi) is 6.71. The van der Waals surface area contributed by atoms with Gasteiger partial charge in [0.1, 0.15) is 5.57 Å². The van der Waals surface area contributed by atoms with E-state index in [0.29, 0.717) is 19.0 Å².